The molecule has 0 spiro atoms. The number of methoxy groups -OCH3 is 2. The molecule has 0 amide bonds. The van der Waals surface area contributed by atoms with E-state index in [-0.39, 0.29) is 17.5 Å². The van der Waals surface area contributed by atoms with Gasteiger partial charge >= 0.3 is 0 Å². The number of aryl methyl sites for hydroxylation is 1. The van der Waals surface area contributed by atoms with Crippen molar-refractivity contribution >= 4 is 11.6 Å². The monoisotopic (exact) mass is 304 g/mol. The van der Waals surface area contributed by atoms with Crippen LogP contribution in [-0.2, 0) is 25.5 Å². The molecule has 0 heterocycles. The second-order valence-corrected chi connectivity index (χ2v) is 5.81. The van der Waals surface area contributed by atoms with Crippen LogP contribution in [0.4, 0.5) is 0 Å². The molecule has 0 unspecified atom stereocenters. The third kappa shape index (κ3) is 4.02. The van der Waals surface area contributed by atoms with Crippen molar-refractivity contribution in [3.63, 3.8) is 0 Å². The topological polar surface area (TPSA) is 52.6 Å². The molecule has 0 aromatic heterocycles. The summed E-state index contributed by atoms with van der Waals surface area (Å²) in [6.45, 7) is 0. The highest BCUT2D eigenvalue weighted by atomic mass is 16.7. The van der Waals surface area contributed by atoms with E-state index >= 15 is 0 Å². The van der Waals surface area contributed by atoms with Crippen molar-refractivity contribution in [3.8, 4) is 0 Å². The Labute approximate surface area is 131 Å². The van der Waals surface area contributed by atoms with E-state index in [1.807, 2.05) is 18.2 Å². The molecule has 1 saturated carbocycles. The molecule has 1 aromatic rings. The van der Waals surface area contributed by atoms with Gasteiger partial charge in [0.25, 0.3) is 0 Å². The lowest BCUT2D eigenvalue weighted by Crippen LogP contribution is -2.40. The molecular weight excluding hydrogens is 280 g/mol. The number of Topliss-reactive ketones (excluding diaryl/α,β-unsaturated/α-hetero) is 2. The van der Waals surface area contributed by atoms with Gasteiger partial charge in [-0.25, -0.2) is 0 Å². The van der Waals surface area contributed by atoms with E-state index in [2.05, 4.69) is 12.1 Å². The molecule has 0 radical (unpaired) electrons. The number of ketones is 2. The minimum Gasteiger partial charge on any atom is -0.349 e. The first-order valence-electron chi connectivity index (χ1n) is 7.84. The van der Waals surface area contributed by atoms with E-state index in [4.69, 9.17) is 9.47 Å². The number of carbonyl (C=O) groups is 2. The summed E-state index contributed by atoms with van der Waals surface area (Å²) in [5, 5.41) is 0. The molecule has 2 rings (SSSR count). The fraction of sp³-hybridized carbons (Fsp3) is 0.556. The summed E-state index contributed by atoms with van der Waals surface area (Å²) in [6, 6.07) is 10.1. The molecule has 1 aromatic carbocycles. The lowest BCUT2D eigenvalue weighted by Gasteiger charge is -2.28. The third-order valence-corrected chi connectivity index (χ3v) is 4.42. The maximum absolute atomic E-state index is 12.6. The Bertz CT molecular complexity index is 493. The molecule has 0 saturated heterocycles. The van der Waals surface area contributed by atoms with E-state index in [9.17, 15) is 9.59 Å². The average Bonchev–Trinajstić information content (AvgIpc) is 2.56. The van der Waals surface area contributed by atoms with Gasteiger partial charge in [-0.05, 0) is 31.2 Å². The quantitative estimate of drug-likeness (QED) is 0.574. The lowest BCUT2D eigenvalue weighted by molar-refractivity contribution is -0.164. The summed E-state index contributed by atoms with van der Waals surface area (Å²) in [5.74, 6) is -0.776. The molecule has 4 heteroatoms. The molecule has 1 aliphatic carbocycles. The van der Waals surface area contributed by atoms with Crippen LogP contribution in [0.5, 0.6) is 0 Å². The smallest absolute Gasteiger partial charge is 0.218 e. The molecule has 1 fully saturated rings. The first-order valence-corrected chi connectivity index (χ1v) is 7.84. The highest BCUT2D eigenvalue weighted by molar-refractivity contribution is 6.05. The van der Waals surface area contributed by atoms with E-state index in [1.54, 1.807) is 0 Å². The predicted molar refractivity (Wildman–Crippen MR) is 83.4 cm³/mol. The molecule has 1 aliphatic rings. The Hall–Kier alpha value is -1.52. The number of ether oxygens (including phenoxy) is 2. The highest BCUT2D eigenvalue weighted by Crippen LogP contribution is 2.30. The summed E-state index contributed by atoms with van der Waals surface area (Å²) in [6.07, 6.45) is 3.14. The van der Waals surface area contributed by atoms with Crippen LogP contribution in [0.3, 0.4) is 0 Å². The van der Waals surface area contributed by atoms with E-state index in [1.165, 1.54) is 19.8 Å². The highest BCUT2D eigenvalue weighted by Gasteiger charge is 2.38. The van der Waals surface area contributed by atoms with Gasteiger partial charge in [0.1, 0.15) is 5.78 Å². The molecule has 0 N–H and O–H groups in total. The number of hydrogen-bond donors (Lipinski definition) is 0. The third-order valence-electron chi connectivity index (χ3n) is 4.42. The zero-order valence-corrected chi connectivity index (χ0v) is 13.3. The zero-order chi connectivity index (χ0) is 15.9. The maximum Gasteiger partial charge on any atom is 0.218 e. The largest absolute Gasteiger partial charge is 0.349 e. The Kier molecular flexibility index (Phi) is 6.28. The fourth-order valence-electron chi connectivity index (χ4n) is 3.18. The van der Waals surface area contributed by atoms with E-state index < -0.39 is 12.2 Å². The van der Waals surface area contributed by atoms with Gasteiger partial charge in [-0.1, -0.05) is 36.8 Å². The summed E-state index contributed by atoms with van der Waals surface area (Å²) >= 11 is 0. The van der Waals surface area contributed by atoms with Gasteiger partial charge in [0.15, 0.2) is 5.78 Å². The Morgan fingerprint density at radius 3 is 2.50 bits per heavy atom. The summed E-state index contributed by atoms with van der Waals surface area (Å²) in [7, 11) is 2.85. The Morgan fingerprint density at radius 1 is 1.18 bits per heavy atom. The molecule has 0 bridgehead atoms. The van der Waals surface area contributed by atoms with Gasteiger partial charge in [-0.15, -0.1) is 0 Å². The van der Waals surface area contributed by atoms with Gasteiger partial charge < -0.3 is 9.47 Å². The second kappa shape index (κ2) is 8.20. The van der Waals surface area contributed by atoms with Crippen molar-refractivity contribution in [3.05, 3.63) is 35.9 Å². The SMILES string of the molecule is COC(OC)C(=O)[C@@H]1CCC[C@@H](CCc2ccccc2)C1=O. The van der Waals surface area contributed by atoms with Crippen LogP contribution >= 0.6 is 0 Å². The van der Waals surface area contributed by atoms with Crippen LogP contribution < -0.4 is 0 Å². The fourth-order valence-corrected chi connectivity index (χ4v) is 3.18. The summed E-state index contributed by atoms with van der Waals surface area (Å²) in [4.78, 5) is 24.9. The van der Waals surface area contributed by atoms with Crippen molar-refractivity contribution in [1.29, 1.82) is 0 Å². The molecule has 2 atom stereocenters. The van der Waals surface area contributed by atoms with Gasteiger partial charge in [0, 0.05) is 20.1 Å². The molecular formula is C18H24O4. The van der Waals surface area contributed by atoms with Crippen LogP contribution in [0.15, 0.2) is 30.3 Å². The van der Waals surface area contributed by atoms with Crippen molar-refractivity contribution in [1.82, 2.24) is 0 Å². The van der Waals surface area contributed by atoms with Gasteiger partial charge in [-0.3, -0.25) is 9.59 Å². The Morgan fingerprint density at radius 2 is 1.86 bits per heavy atom. The van der Waals surface area contributed by atoms with Crippen molar-refractivity contribution < 1.29 is 19.1 Å². The number of benzene rings is 1. The van der Waals surface area contributed by atoms with E-state index in [0.29, 0.717) is 6.42 Å². The molecule has 22 heavy (non-hydrogen) atoms. The summed E-state index contributed by atoms with van der Waals surface area (Å²) in [5.41, 5.74) is 1.23. The van der Waals surface area contributed by atoms with Crippen LogP contribution in [-0.4, -0.2) is 32.1 Å². The van der Waals surface area contributed by atoms with Crippen LogP contribution in [0.25, 0.3) is 0 Å². The minimum atomic E-state index is -0.929. The summed E-state index contributed by atoms with van der Waals surface area (Å²) < 4.78 is 10.0. The Balaban J connectivity index is 1.96. The standard InChI is InChI=1S/C18H24O4/c1-21-18(22-2)17(20)15-10-6-9-14(16(15)19)12-11-13-7-4-3-5-8-13/h3-5,7-8,14-15,18H,6,9-12H2,1-2H3/t14-,15+/m0/s1. The van der Waals surface area contributed by atoms with Crippen molar-refractivity contribution in [2.45, 2.75) is 38.4 Å². The van der Waals surface area contributed by atoms with Gasteiger partial charge in [0.05, 0.1) is 5.92 Å². The van der Waals surface area contributed by atoms with Crippen LogP contribution in [0, 0.1) is 11.8 Å². The average molecular weight is 304 g/mol. The van der Waals surface area contributed by atoms with E-state index in [0.717, 1.165) is 25.7 Å². The van der Waals surface area contributed by atoms with Crippen molar-refractivity contribution in [2.75, 3.05) is 14.2 Å². The maximum atomic E-state index is 12.6. The first-order chi connectivity index (χ1) is 10.7. The molecule has 120 valence electrons. The first kappa shape index (κ1) is 16.8. The van der Waals surface area contributed by atoms with Gasteiger partial charge in [0.2, 0.25) is 6.29 Å². The second-order valence-electron chi connectivity index (χ2n) is 5.81. The minimum absolute atomic E-state index is 0.0303. The zero-order valence-electron chi connectivity index (χ0n) is 13.3. The lowest BCUT2D eigenvalue weighted by atomic mass is 9.76. The van der Waals surface area contributed by atoms with Crippen molar-refractivity contribution in [2.24, 2.45) is 11.8 Å². The number of rotatable bonds is 7. The normalized spacial score (nSPS) is 22.0. The number of hydrogen-bond acceptors (Lipinski definition) is 4. The van der Waals surface area contributed by atoms with Crippen LogP contribution in [0.1, 0.15) is 31.2 Å². The van der Waals surface area contributed by atoms with Crippen LogP contribution in [0.2, 0.25) is 0 Å². The molecule has 0 aliphatic heterocycles. The number of carbonyl (C=O) groups excluding carboxylic acids is 2. The van der Waals surface area contributed by atoms with Gasteiger partial charge in [-0.2, -0.15) is 0 Å². The predicted octanol–water partition coefficient (Wildman–Crippen LogP) is 2.79. The molecule has 4 nitrogen and oxygen atoms in total.